The monoisotopic (exact) mass is 317 g/mol. The predicted octanol–water partition coefficient (Wildman–Crippen LogP) is 5.02. The molecule has 2 aromatic rings. The van der Waals surface area contributed by atoms with Crippen molar-refractivity contribution in [2.45, 2.75) is 32.7 Å². The second-order valence-electron chi connectivity index (χ2n) is 5.46. The Kier molecular flexibility index (Phi) is 6.75. The van der Waals surface area contributed by atoms with Gasteiger partial charge in [-0.2, -0.15) is 0 Å². The lowest BCUT2D eigenvalue weighted by atomic mass is 9.98. The van der Waals surface area contributed by atoms with Gasteiger partial charge in [0.1, 0.15) is 12.4 Å². The van der Waals surface area contributed by atoms with Crippen LogP contribution >= 0.6 is 11.6 Å². The average Bonchev–Trinajstić information content (AvgIpc) is 2.56. The molecule has 2 rings (SSSR count). The second-order valence-corrected chi connectivity index (χ2v) is 5.87. The number of benzene rings is 2. The summed E-state index contributed by atoms with van der Waals surface area (Å²) in [4.78, 5) is 0. The Bertz CT molecular complexity index is 585. The molecule has 0 aliphatic carbocycles. The van der Waals surface area contributed by atoms with Crippen LogP contribution in [0.25, 0.3) is 0 Å². The highest BCUT2D eigenvalue weighted by molar-refractivity contribution is 6.31. The minimum atomic E-state index is 0.521. The lowest BCUT2D eigenvalue weighted by molar-refractivity contribution is 0.309. The van der Waals surface area contributed by atoms with Crippen molar-refractivity contribution in [3.05, 3.63) is 64.7 Å². The molecule has 0 radical (unpaired) electrons. The fourth-order valence-electron chi connectivity index (χ4n) is 2.34. The van der Waals surface area contributed by atoms with E-state index in [-0.39, 0.29) is 0 Å². The zero-order valence-electron chi connectivity index (χ0n) is 13.3. The van der Waals surface area contributed by atoms with Crippen molar-refractivity contribution in [3.8, 4) is 5.75 Å². The molecule has 118 valence electrons. The maximum absolute atomic E-state index is 6.13. The fourth-order valence-corrected chi connectivity index (χ4v) is 2.54. The van der Waals surface area contributed by atoms with Crippen LogP contribution in [-0.2, 0) is 6.54 Å². The van der Waals surface area contributed by atoms with Crippen LogP contribution in [0.2, 0.25) is 5.02 Å². The zero-order valence-corrected chi connectivity index (χ0v) is 14.1. The minimum Gasteiger partial charge on any atom is -0.492 e. The Hall–Kier alpha value is -1.51. The highest BCUT2D eigenvalue weighted by Crippen LogP contribution is 2.28. The Morgan fingerprint density at radius 3 is 2.59 bits per heavy atom. The van der Waals surface area contributed by atoms with E-state index in [0.29, 0.717) is 12.5 Å². The summed E-state index contributed by atoms with van der Waals surface area (Å²) in [6.45, 7) is 6.64. The first-order chi connectivity index (χ1) is 10.7. The van der Waals surface area contributed by atoms with Gasteiger partial charge in [-0.25, -0.2) is 0 Å². The molecule has 0 heterocycles. The lowest BCUT2D eigenvalue weighted by Gasteiger charge is -2.16. The van der Waals surface area contributed by atoms with Crippen LogP contribution in [-0.4, -0.2) is 13.2 Å². The Labute approximate surface area is 138 Å². The predicted molar refractivity (Wildman–Crippen MR) is 93.8 cm³/mol. The Morgan fingerprint density at radius 2 is 1.82 bits per heavy atom. The van der Waals surface area contributed by atoms with Crippen LogP contribution in [0.3, 0.4) is 0 Å². The van der Waals surface area contributed by atoms with Gasteiger partial charge in [-0.3, -0.25) is 0 Å². The number of hydrogen-bond donors (Lipinski definition) is 1. The third-order valence-corrected chi connectivity index (χ3v) is 4.24. The van der Waals surface area contributed by atoms with Crippen molar-refractivity contribution in [2.24, 2.45) is 0 Å². The van der Waals surface area contributed by atoms with Gasteiger partial charge in [0.25, 0.3) is 0 Å². The lowest BCUT2D eigenvalue weighted by Crippen LogP contribution is -2.21. The Morgan fingerprint density at radius 1 is 1.09 bits per heavy atom. The number of ether oxygens (including phenoxy) is 1. The van der Waals surface area contributed by atoms with Crippen molar-refractivity contribution < 1.29 is 4.74 Å². The largest absolute Gasteiger partial charge is 0.492 e. The molecule has 2 aromatic carbocycles. The first kappa shape index (κ1) is 16.9. The van der Waals surface area contributed by atoms with E-state index in [1.165, 1.54) is 5.56 Å². The molecule has 1 N–H and O–H groups in total. The van der Waals surface area contributed by atoms with Crippen molar-refractivity contribution in [1.82, 2.24) is 5.32 Å². The van der Waals surface area contributed by atoms with Gasteiger partial charge in [-0.1, -0.05) is 61.8 Å². The topological polar surface area (TPSA) is 21.3 Å². The molecule has 0 amide bonds. The van der Waals surface area contributed by atoms with Crippen LogP contribution in [0.15, 0.2) is 48.5 Å². The second kappa shape index (κ2) is 8.82. The van der Waals surface area contributed by atoms with Gasteiger partial charge in [-0.05, 0) is 35.6 Å². The maximum Gasteiger partial charge on any atom is 0.122 e. The van der Waals surface area contributed by atoms with Crippen LogP contribution in [0, 0.1) is 0 Å². The Balaban J connectivity index is 1.79. The van der Waals surface area contributed by atoms with E-state index in [1.807, 2.05) is 30.3 Å². The number of hydrogen-bond acceptors (Lipinski definition) is 2. The summed E-state index contributed by atoms with van der Waals surface area (Å²) in [5.74, 6) is 1.52. The summed E-state index contributed by atoms with van der Waals surface area (Å²) in [6, 6.07) is 16.2. The van der Waals surface area contributed by atoms with Crippen molar-refractivity contribution >= 4 is 11.6 Å². The minimum absolute atomic E-state index is 0.521. The van der Waals surface area contributed by atoms with Crippen LogP contribution in [0.4, 0.5) is 0 Å². The first-order valence-corrected chi connectivity index (χ1v) is 8.26. The van der Waals surface area contributed by atoms with Gasteiger partial charge in [0.2, 0.25) is 0 Å². The van der Waals surface area contributed by atoms with Gasteiger partial charge in [-0.15, -0.1) is 0 Å². The normalized spacial score (nSPS) is 12.1. The van der Waals surface area contributed by atoms with E-state index < -0.39 is 0 Å². The highest BCUT2D eigenvalue weighted by atomic mass is 35.5. The third-order valence-electron chi connectivity index (χ3n) is 3.87. The molecule has 2 nitrogen and oxygen atoms in total. The average molecular weight is 318 g/mol. The number of nitrogens with one attached hydrogen (secondary N) is 1. The summed E-state index contributed by atoms with van der Waals surface area (Å²) >= 11 is 6.13. The van der Waals surface area contributed by atoms with E-state index in [1.54, 1.807) is 0 Å². The van der Waals surface area contributed by atoms with Gasteiger partial charge in [0, 0.05) is 18.1 Å². The van der Waals surface area contributed by atoms with Crippen LogP contribution in [0.5, 0.6) is 5.75 Å². The summed E-state index contributed by atoms with van der Waals surface area (Å²) in [6.07, 6.45) is 1.12. The van der Waals surface area contributed by atoms with E-state index in [0.717, 1.165) is 35.8 Å². The van der Waals surface area contributed by atoms with E-state index in [9.17, 15) is 0 Å². The first-order valence-electron chi connectivity index (χ1n) is 7.88. The molecule has 1 atom stereocenters. The molecular formula is C19H24ClNO. The molecule has 0 saturated carbocycles. The van der Waals surface area contributed by atoms with E-state index in [2.05, 4.69) is 37.4 Å². The van der Waals surface area contributed by atoms with Gasteiger partial charge in [0.15, 0.2) is 0 Å². The molecule has 0 spiro atoms. The maximum atomic E-state index is 6.13. The summed E-state index contributed by atoms with van der Waals surface area (Å²) in [5.41, 5.74) is 2.40. The molecule has 0 aliphatic rings. The molecular weight excluding hydrogens is 294 g/mol. The number of rotatable bonds is 8. The van der Waals surface area contributed by atoms with Gasteiger partial charge in [0.05, 0.1) is 0 Å². The third kappa shape index (κ3) is 4.75. The molecule has 0 saturated heterocycles. The summed E-state index contributed by atoms with van der Waals surface area (Å²) < 4.78 is 5.93. The molecule has 0 fully saturated rings. The van der Waals surface area contributed by atoms with Crippen molar-refractivity contribution in [2.75, 3.05) is 13.2 Å². The molecule has 1 unspecified atom stereocenters. The van der Waals surface area contributed by atoms with E-state index >= 15 is 0 Å². The zero-order chi connectivity index (χ0) is 15.8. The summed E-state index contributed by atoms with van der Waals surface area (Å²) in [5, 5.41) is 4.17. The molecule has 0 aliphatic heterocycles. The standard InChI is InChI=1S/C19H24ClNO/c1-3-15(2)17-9-5-7-11-19(17)22-13-12-21-14-16-8-4-6-10-18(16)20/h4-11,15,21H,3,12-14H2,1-2H3. The SMILES string of the molecule is CCC(C)c1ccccc1OCCNCc1ccccc1Cl. The van der Waals surface area contributed by atoms with Gasteiger partial charge < -0.3 is 10.1 Å². The molecule has 22 heavy (non-hydrogen) atoms. The molecule has 3 heteroatoms. The quantitative estimate of drug-likeness (QED) is 0.690. The molecule has 0 aromatic heterocycles. The van der Waals surface area contributed by atoms with Gasteiger partial charge >= 0.3 is 0 Å². The highest BCUT2D eigenvalue weighted by Gasteiger charge is 2.09. The number of para-hydroxylation sites is 1. The smallest absolute Gasteiger partial charge is 0.122 e. The fraction of sp³-hybridized carbons (Fsp3) is 0.368. The number of halogens is 1. The van der Waals surface area contributed by atoms with Crippen LogP contribution < -0.4 is 10.1 Å². The molecule has 0 bridgehead atoms. The van der Waals surface area contributed by atoms with Crippen molar-refractivity contribution in [1.29, 1.82) is 0 Å². The summed E-state index contributed by atoms with van der Waals surface area (Å²) in [7, 11) is 0. The van der Waals surface area contributed by atoms with E-state index in [4.69, 9.17) is 16.3 Å². The van der Waals surface area contributed by atoms with Crippen LogP contribution in [0.1, 0.15) is 37.3 Å². The van der Waals surface area contributed by atoms with Crippen molar-refractivity contribution in [3.63, 3.8) is 0 Å².